The molecule has 0 bridgehead atoms. The Morgan fingerprint density at radius 2 is 2.04 bits per heavy atom. The highest BCUT2D eigenvalue weighted by Gasteiger charge is 2.44. The second-order valence-corrected chi connectivity index (χ2v) is 8.01. The first-order valence-electron chi connectivity index (χ1n) is 10.0. The Kier molecular flexibility index (Phi) is 3.37. The molecule has 1 amide bonds. The Balaban J connectivity index is 1.43. The summed E-state index contributed by atoms with van der Waals surface area (Å²) in [7, 11) is 0. The van der Waals surface area contributed by atoms with Gasteiger partial charge in [-0.15, -0.1) is 0 Å². The summed E-state index contributed by atoms with van der Waals surface area (Å²) in [6.07, 6.45) is 10.8. The van der Waals surface area contributed by atoms with Crippen molar-refractivity contribution >= 4 is 17.2 Å². The first-order valence-corrected chi connectivity index (χ1v) is 10.0. The Labute approximate surface area is 163 Å². The molecular weight excluding hydrogens is 348 g/mol. The number of fused-ring (bicyclic) bond motifs is 2. The predicted octanol–water partition coefficient (Wildman–Crippen LogP) is 3.33. The van der Waals surface area contributed by atoms with Crippen LogP contribution in [-0.2, 0) is 11.2 Å². The van der Waals surface area contributed by atoms with Crippen LogP contribution in [0.1, 0.15) is 48.6 Å². The zero-order valence-corrected chi connectivity index (χ0v) is 15.5. The Bertz CT molecular complexity index is 1160. The molecule has 2 fully saturated rings. The molecule has 4 heterocycles. The lowest BCUT2D eigenvalue weighted by Crippen LogP contribution is -2.31. The number of carbonyl (C=O) groups is 1. The normalized spacial score (nSPS) is 20.9. The molecule has 5 nitrogen and oxygen atoms in total. The average molecular weight is 368 g/mol. The number of carbonyl (C=O) groups excluding carboxylic acids is 1. The first kappa shape index (κ1) is 15.9. The molecule has 3 aromatic rings. The van der Waals surface area contributed by atoms with Crippen molar-refractivity contribution < 1.29 is 4.79 Å². The molecule has 28 heavy (non-hydrogen) atoms. The highest BCUT2D eigenvalue weighted by molar-refractivity contribution is 6.05. The molecule has 0 saturated heterocycles. The van der Waals surface area contributed by atoms with Crippen LogP contribution in [0.25, 0.3) is 5.65 Å². The minimum Gasteiger partial charge on any atom is -0.308 e. The average Bonchev–Trinajstić information content (AvgIpc) is 3.64. The van der Waals surface area contributed by atoms with E-state index in [9.17, 15) is 4.79 Å². The van der Waals surface area contributed by atoms with Gasteiger partial charge < -0.3 is 4.90 Å². The van der Waals surface area contributed by atoms with Crippen molar-refractivity contribution in [1.29, 1.82) is 0 Å². The molecule has 1 aliphatic heterocycles. The fourth-order valence-electron chi connectivity index (χ4n) is 4.12. The molecule has 0 N–H and O–H groups in total. The van der Waals surface area contributed by atoms with E-state index in [0.29, 0.717) is 18.4 Å². The van der Waals surface area contributed by atoms with Gasteiger partial charge in [-0.1, -0.05) is 12.0 Å². The molecule has 0 radical (unpaired) electrons. The van der Waals surface area contributed by atoms with Crippen molar-refractivity contribution in [2.45, 2.75) is 44.1 Å². The number of anilines is 1. The standard InChI is InChI=1S/C23H20N4O/c28-23-17(18-14-24-11-10-20(18)27(23)16-7-8-16)13-19-21(9-6-15-4-5-15)26-12-2-1-3-22(26)25-19/h1-3,10-12,14-17H,4-5,7-8,13H2. The second-order valence-electron chi connectivity index (χ2n) is 8.01. The summed E-state index contributed by atoms with van der Waals surface area (Å²) in [4.78, 5) is 24.4. The van der Waals surface area contributed by atoms with E-state index in [2.05, 4.69) is 16.8 Å². The van der Waals surface area contributed by atoms with Gasteiger partial charge in [-0.3, -0.25) is 14.2 Å². The van der Waals surface area contributed by atoms with Gasteiger partial charge in [0.25, 0.3) is 0 Å². The Morgan fingerprint density at radius 3 is 2.86 bits per heavy atom. The highest BCUT2D eigenvalue weighted by atomic mass is 16.2. The maximum absolute atomic E-state index is 13.3. The fraction of sp³-hybridized carbons (Fsp3) is 0.348. The number of nitrogens with zero attached hydrogens (tertiary/aromatic N) is 4. The highest BCUT2D eigenvalue weighted by Crippen LogP contribution is 2.44. The predicted molar refractivity (Wildman–Crippen MR) is 106 cm³/mol. The summed E-state index contributed by atoms with van der Waals surface area (Å²) in [5.41, 5.74) is 4.77. The zero-order valence-electron chi connectivity index (χ0n) is 15.5. The maximum Gasteiger partial charge on any atom is 0.235 e. The number of pyridine rings is 2. The molecule has 0 aromatic carbocycles. The minimum atomic E-state index is -0.226. The molecule has 6 rings (SSSR count). The summed E-state index contributed by atoms with van der Waals surface area (Å²) in [6, 6.07) is 8.31. The summed E-state index contributed by atoms with van der Waals surface area (Å²) < 4.78 is 2.05. The van der Waals surface area contributed by atoms with Crippen molar-refractivity contribution in [3.8, 4) is 11.8 Å². The smallest absolute Gasteiger partial charge is 0.235 e. The van der Waals surface area contributed by atoms with E-state index in [1.807, 2.05) is 46.0 Å². The van der Waals surface area contributed by atoms with Gasteiger partial charge in [0.1, 0.15) is 11.3 Å². The number of aromatic nitrogens is 3. The van der Waals surface area contributed by atoms with Crippen molar-refractivity contribution in [1.82, 2.24) is 14.4 Å². The van der Waals surface area contributed by atoms with Crippen LogP contribution < -0.4 is 4.90 Å². The minimum absolute atomic E-state index is 0.184. The van der Waals surface area contributed by atoms with Gasteiger partial charge in [-0.2, -0.15) is 0 Å². The summed E-state index contributed by atoms with van der Waals surface area (Å²) in [6.45, 7) is 0. The van der Waals surface area contributed by atoms with Crippen LogP contribution in [0, 0.1) is 17.8 Å². The molecule has 2 aliphatic carbocycles. The zero-order chi connectivity index (χ0) is 18.7. The van der Waals surface area contributed by atoms with Crippen LogP contribution in [0.4, 0.5) is 5.69 Å². The van der Waals surface area contributed by atoms with E-state index in [1.165, 1.54) is 12.8 Å². The SMILES string of the molecule is O=C1C(Cc2nc3ccccn3c2C#CC2CC2)c2cnccc2N1C1CC1. The third-order valence-electron chi connectivity index (χ3n) is 5.88. The van der Waals surface area contributed by atoms with Crippen LogP contribution >= 0.6 is 0 Å². The Morgan fingerprint density at radius 1 is 1.14 bits per heavy atom. The van der Waals surface area contributed by atoms with Gasteiger partial charge in [0.05, 0.1) is 17.3 Å². The van der Waals surface area contributed by atoms with E-state index >= 15 is 0 Å². The van der Waals surface area contributed by atoms with Crippen molar-refractivity contribution in [3.63, 3.8) is 0 Å². The number of hydrogen-bond acceptors (Lipinski definition) is 3. The second kappa shape index (κ2) is 5.93. The molecule has 1 unspecified atom stereocenters. The third-order valence-corrected chi connectivity index (χ3v) is 5.88. The van der Waals surface area contributed by atoms with Gasteiger partial charge >= 0.3 is 0 Å². The molecule has 3 aromatic heterocycles. The van der Waals surface area contributed by atoms with Crippen LogP contribution in [0.3, 0.4) is 0 Å². The fourth-order valence-corrected chi connectivity index (χ4v) is 4.12. The molecule has 1 atom stereocenters. The summed E-state index contributed by atoms with van der Waals surface area (Å²) >= 11 is 0. The van der Waals surface area contributed by atoms with Gasteiger partial charge in [0.2, 0.25) is 5.91 Å². The van der Waals surface area contributed by atoms with E-state index in [0.717, 1.165) is 41.1 Å². The molecule has 5 heteroatoms. The molecule has 0 spiro atoms. The Hall–Kier alpha value is -3.13. The van der Waals surface area contributed by atoms with Crippen molar-refractivity contribution in [3.05, 3.63) is 59.8 Å². The van der Waals surface area contributed by atoms with E-state index in [4.69, 9.17) is 4.98 Å². The van der Waals surface area contributed by atoms with Crippen molar-refractivity contribution in [2.75, 3.05) is 4.90 Å². The van der Waals surface area contributed by atoms with Crippen LogP contribution in [-0.4, -0.2) is 26.3 Å². The van der Waals surface area contributed by atoms with Crippen LogP contribution in [0.5, 0.6) is 0 Å². The molecule has 3 aliphatic rings. The maximum atomic E-state index is 13.3. The van der Waals surface area contributed by atoms with Gasteiger partial charge in [0, 0.05) is 42.5 Å². The number of hydrogen-bond donors (Lipinski definition) is 0. The van der Waals surface area contributed by atoms with Gasteiger partial charge in [0.15, 0.2) is 0 Å². The van der Waals surface area contributed by atoms with E-state index in [1.54, 1.807) is 6.20 Å². The number of imidazole rings is 1. The number of amides is 1. The third kappa shape index (κ3) is 2.52. The molecule has 138 valence electrons. The van der Waals surface area contributed by atoms with E-state index in [-0.39, 0.29) is 11.8 Å². The lowest BCUT2D eigenvalue weighted by Gasteiger charge is -2.16. The topological polar surface area (TPSA) is 50.5 Å². The van der Waals surface area contributed by atoms with Crippen LogP contribution in [0.2, 0.25) is 0 Å². The largest absolute Gasteiger partial charge is 0.308 e. The monoisotopic (exact) mass is 368 g/mol. The quantitative estimate of drug-likeness (QED) is 0.667. The van der Waals surface area contributed by atoms with Gasteiger partial charge in [-0.05, 0) is 49.8 Å². The lowest BCUT2D eigenvalue weighted by atomic mass is 9.96. The molecule has 2 saturated carbocycles. The molecular formula is C23H20N4O. The van der Waals surface area contributed by atoms with Crippen LogP contribution in [0.15, 0.2) is 42.9 Å². The lowest BCUT2D eigenvalue weighted by molar-refractivity contribution is -0.119. The number of rotatable bonds is 3. The van der Waals surface area contributed by atoms with Gasteiger partial charge in [-0.25, -0.2) is 4.98 Å². The summed E-state index contributed by atoms with van der Waals surface area (Å²) in [5.74, 6) is 7.21. The first-order chi connectivity index (χ1) is 13.8. The summed E-state index contributed by atoms with van der Waals surface area (Å²) in [5, 5.41) is 0. The van der Waals surface area contributed by atoms with E-state index < -0.39 is 0 Å². The van der Waals surface area contributed by atoms with Crippen molar-refractivity contribution in [2.24, 2.45) is 5.92 Å².